The molecule has 150 valence electrons. The summed E-state index contributed by atoms with van der Waals surface area (Å²) in [7, 11) is 3.26. The monoisotopic (exact) mass is 382 g/mol. The number of carbonyl (C=O) groups is 1. The third kappa shape index (κ3) is 5.12. The lowest BCUT2D eigenvalue weighted by atomic mass is 10.0. The molecule has 1 aliphatic heterocycles. The minimum absolute atomic E-state index is 0.0277. The van der Waals surface area contributed by atoms with Gasteiger partial charge in [0.05, 0.1) is 7.11 Å². The number of hydrogen-bond acceptors (Lipinski definition) is 4. The standard InChI is InChI=1S/C23H30N2O3/c1-18-4-8-20(9-5-18)25(23(26)17-27-2)21-12-14-24(15-13-21)16-19-6-10-22(28-3)11-7-19/h4-11,21H,12-17H2,1-3H3. The zero-order chi connectivity index (χ0) is 19.9. The molecule has 5 nitrogen and oxygen atoms in total. The Morgan fingerprint density at radius 2 is 1.68 bits per heavy atom. The van der Waals surface area contributed by atoms with Crippen LogP contribution in [-0.2, 0) is 16.1 Å². The van der Waals surface area contributed by atoms with Crippen molar-refractivity contribution in [2.24, 2.45) is 0 Å². The molecule has 0 bridgehead atoms. The molecule has 0 unspecified atom stereocenters. The first-order valence-electron chi connectivity index (χ1n) is 9.83. The minimum atomic E-state index is 0.0277. The van der Waals surface area contributed by atoms with E-state index in [0.717, 1.165) is 43.9 Å². The van der Waals surface area contributed by atoms with Crippen LogP contribution in [0.3, 0.4) is 0 Å². The summed E-state index contributed by atoms with van der Waals surface area (Å²) in [4.78, 5) is 17.1. The Bertz CT molecular complexity index is 750. The van der Waals surface area contributed by atoms with E-state index in [4.69, 9.17) is 9.47 Å². The van der Waals surface area contributed by atoms with Crippen LogP contribution in [0.4, 0.5) is 5.69 Å². The maximum Gasteiger partial charge on any atom is 0.253 e. The van der Waals surface area contributed by atoms with Gasteiger partial charge < -0.3 is 14.4 Å². The van der Waals surface area contributed by atoms with Crippen LogP contribution in [-0.4, -0.2) is 50.8 Å². The Morgan fingerprint density at radius 1 is 1.04 bits per heavy atom. The van der Waals surface area contributed by atoms with E-state index in [1.54, 1.807) is 14.2 Å². The van der Waals surface area contributed by atoms with Crippen molar-refractivity contribution in [2.75, 3.05) is 38.8 Å². The number of benzene rings is 2. The van der Waals surface area contributed by atoms with Crippen molar-refractivity contribution in [2.45, 2.75) is 32.4 Å². The average Bonchev–Trinajstić information content (AvgIpc) is 2.72. The molecule has 0 aliphatic carbocycles. The second kappa shape index (κ2) is 9.71. The van der Waals surface area contributed by atoms with Crippen LogP contribution in [0.15, 0.2) is 48.5 Å². The number of likely N-dealkylation sites (tertiary alicyclic amines) is 1. The predicted molar refractivity (Wildman–Crippen MR) is 112 cm³/mol. The second-order valence-electron chi connectivity index (χ2n) is 7.39. The molecule has 0 N–H and O–H groups in total. The molecule has 28 heavy (non-hydrogen) atoms. The molecule has 1 fully saturated rings. The van der Waals surface area contributed by atoms with Crippen LogP contribution in [0.25, 0.3) is 0 Å². The van der Waals surface area contributed by atoms with E-state index in [0.29, 0.717) is 0 Å². The first-order chi connectivity index (χ1) is 13.6. The van der Waals surface area contributed by atoms with Crippen LogP contribution < -0.4 is 9.64 Å². The summed E-state index contributed by atoms with van der Waals surface area (Å²) >= 11 is 0. The van der Waals surface area contributed by atoms with Gasteiger partial charge in [-0.1, -0.05) is 29.8 Å². The highest BCUT2D eigenvalue weighted by Crippen LogP contribution is 2.25. The topological polar surface area (TPSA) is 42.0 Å². The summed E-state index contributed by atoms with van der Waals surface area (Å²) in [6.07, 6.45) is 1.92. The largest absolute Gasteiger partial charge is 0.497 e. The Morgan fingerprint density at radius 3 is 2.25 bits per heavy atom. The first-order valence-corrected chi connectivity index (χ1v) is 9.83. The molecule has 0 spiro atoms. The summed E-state index contributed by atoms with van der Waals surface area (Å²) in [5, 5.41) is 0. The number of nitrogens with zero attached hydrogens (tertiary/aromatic N) is 2. The maximum absolute atomic E-state index is 12.7. The van der Waals surface area contributed by atoms with Gasteiger partial charge in [0.15, 0.2) is 0 Å². The van der Waals surface area contributed by atoms with E-state index >= 15 is 0 Å². The minimum Gasteiger partial charge on any atom is -0.497 e. The van der Waals surface area contributed by atoms with Crippen LogP contribution in [0.1, 0.15) is 24.0 Å². The molecule has 2 aromatic carbocycles. The predicted octanol–water partition coefficient (Wildman–Crippen LogP) is 3.65. The molecule has 0 aromatic heterocycles. The lowest BCUT2D eigenvalue weighted by Gasteiger charge is -2.38. The highest BCUT2D eigenvalue weighted by molar-refractivity contribution is 5.94. The van der Waals surface area contributed by atoms with Crippen molar-refractivity contribution in [3.63, 3.8) is 0 Å². The molecule has 0 saturated carbocycles. The van der Waals surface area contributed by atoms with Gasteiger partial charge in [0, 0.05) is 38.5 Å². The zero-order valence-corrected chi connectivity index (χ0v) is 17.1. The summed E-state index contributed by atoms with van der Waals surface area (Å²) in [5.74, 6) is 0.910. The van der Waals surface area contributed by atoms with Gasteiger partial charge in [-0.3, -0.25) is 9.69 Å². The summed E-state index contributed by atoms with van der Waals surface area (Å²) < 4.78 is 10.4. The summed E-state index contributed by atoms with van der Waals surface area (Å²) in [6.45, 7) is 5.04. The molecule has 3 rings (SSSR count). The Labute approximate surface area is 167 Å². The maximum atomic E-state index is 12.7. The van der Waals surface area contributed by atoms with Crippen molar-refractivity contribution >= 4 is 11.6 Å². The smallest absolute Gasteiger partial charge is 0.253 e. The summed E-state index contributed by atoms with van der Waals surface area (Å²) in [6, 6.07) is 16.6. The number of piperidine rings is 1. The quantitative estimate of drug-likeness (QED) is 0.733. The molecule has 5 heteroatoms. The fourth-order valence-corrected chi connectivity index (χ4v) is 3.78. The fourth-order valence-electron chi connectivity index (χ4n) is 3.78. The van der Waals surface area contributed by atoms with E-state index < -0.39 is 0 Å². The second-order valence-corrected chi connectivity index (χ2v) is 7.39. The summed E-state index contributed by atoms with van der Waals surface area (Å²) in [5.41, 5.74) is 3.43. The van der Waals surface area contributed by atoms with Gasteiger partial charge in [-0.2, -0.15) is 0 Å². The number of amides is 1. The zero-order valence-electron chi connectivity index (χ0n) is 17.1. The van der Waals surface area contributed by atoms with Crippen molar-refractivity contribution in [3.05, 3.63) is 59.7 Å². The molecule has 0 radical (unpaired) electrons. The van der Waals surface area contributed by atoms with Crippen molar-refractivity contribution < 1.29 is 14.3 Å². The van der Waals surface area contributed by atoms with Gasteiger partial charge in [0.2, 0.25) is 0 Å². The molecule has 0 atom stereocenters. The normalized spacial score (nSPS) is 15.4. The highest BCUT2D eigenvalue weighted by atomic mass is 16.5. The van der Waals surface area contributed by atoms with Crippen LogP contribution >= 0.6 is 0 Å². The number of hydrogen-bond donors (Lipinski definition) is 0. The van der Waals surface area contributed by atoms with Gasteiger partial charge in [-0.05, 0) is 49.6 Å². The Kier molecular flexibility index (Phi) is 7.06. The molecule has 1 saturated heterocycles. The number of methoxy groups -OCH3 is 2. The van der Waals surface area contributed by atoms with Crippen LogP contribution in [0.2, 0.25) is 0 Å². The molecular formula is C23H30N2O3. The number of carbonyl (C=O) groups excluding carboxylic acids is 1. The lowest BCUT2D eigenvalue weighted by molar-refractivity contribution is -0.122. The number of rotatable bonds is 7. The third-order valence-electron chi connectivity index (χ3n) is 5.34. The van der Waals surface area contributed by atoms with E-state index in [2.05, 4.69) is 36.1 Å². The molecule has 1 heterocycles. The van der Waals surface area contributed by atoms with Gasteiger partial charge in [-0.25, -0.2) is 0 Å². The van der Waals surface area contributed by atoms with E-state index in [1.807, 2.05) is 29.2 Å². The fraction of sp³-hybridized carbons (Fsp3) is 0.435. The molecule has 1 aliphatic rings. The number of ether oxygens (including phenoxy) is 2. The van der Waals surface area contributed by atoms with E-state index in [-0.39, 0.29) is 18.6 Å². The SMILES string of the molecule is COCC(=O)N(c1ccc(C)cc1)C1CCN(Cc2ccc(OC)cc2)CC1. The van der Waals surface area contributed by atoms with Gasteiger partial charge >= 0.3 is 0 Å². The number of anilines is 1. The molecule has 2 aromatic rings. The highest BCUT2D eigenvalue weighted by Gasteiger charge is 2.29. The van der Waals surface area contributed by atoms with Gasteiger partial charge in [-0.15, -0.1) is 0 Å². The van der Waals surface area contributed by atoms with Crippen molar-refractivity contribution in [3.8, 4) is 5.75 Å². The molecular weight excluding hydrogens is 352 g/mol. The number of aryl methyl sites for hydroxylation is 1. The van der Waals surface area contributed by atoms with Gasteiger partial charge in [0.25, 0.3) is 5.91 Å². The Balaban J connectivity index is 1.64. The van der Waals surface area contributed by atoms with E-state index in [9.17, 15) is 4.79 Å². The lowest BCUT2D eigenvalue weighted by Crippen LogP contribution is -2.48. The molecule has 1 amide bonds. The third-order valence-corrected chi connectivity index (χ3v) is 5.34. The first kappa shape index (κ1) is 20.4. The van der Waals surface area contributed by atoms with Crippen molar-refractivity contribution in [1.82, 2.24) is 4.90 Å². The van der Waals surface area contributed by atoms with E-state index in [1.165, 1.54) is 11.1 Å². The Hall–Kier alpha value is -2.37. The van der Waals surface area contributed by atoms with Crippen LogP contribution in [0.5, 0.6) is 5.75 Å². The van der Waals surface area contributed by atoms with Gasteiger partial charge in [0.1, 0.15) is 12.4 Å². The van der Waals surface area contributed by atoms with Crippen LogP contribution in [0, 0.1) is 6.92 Å². The van der Waals surface area contributed by atoms with Crippen molar-refractivity contribution in [1.29, 1.82) is 0 Å². The average molecular weight is 383 g/mol.